The van der Waals surface area contributed by atoms with Crippen LogP contribution in [0.1, 0.15) is 10.4 Å². The van der Waals surface area contributed by atoms with Gasteiger partial charge in [0.25, 0.3) is 5.91 Å². The molecule has 7 nitrogen and oxygen atoms in total. The highest BCUT2D eigenvalue weighted by atomic mass is 19.1. The Balaban J connectivity index is 1.62. The molecular weight excluding hydrogens is 355 g/mol. The Hall–Kier alpha value is -3.29. The lowest BCUT2D eigenvalue weighted by Crippen LogP contribution is -2.34. The summed E-state index contributed by atoms with van der Waals surface area (Å²) in [6.07, 6.45) is -1.02. The third kappa shape index (κ3) is 4.11. The monoisotopic (exact) mass is 374 g/mol. The van der Waals surface area contributed by atoms with Crippen molar-refractivity contribution in [2.24, 2.45) is 0 Å². The lowest BCUT2D eigenvalue weighted by Gasteiger charge is -2.15. The van der Waals surface area contributed by atoms with Gasteiger partial charge in [0.1, 0.15) is 11.9 Å². The van der Waals surface area contributed by atoms with Crippen molar-refractivity contribution in [3.8, 4) is 11.5 Å². The van der Waals surface area contributed by atoms with E-state index in [0.29, 0.717) is 22.7 Å². The number of halogens is 1. The number of anilines is 1. The van der Waals surface area contributed by atoms with E-state index < -0.39 is 18.0 Å². The molecule has 2 amide bonds. The number of cyclic esters (lactones) is 1. The number of nitrogens with zero attached hydrogens (tertiary/aromatic N) is 1. The Labute approximate surface area is 155 Å². The number of ether oxygens (including phenoxy) is 3. The molecule has 27 heavy (non-hydrogen) atoms. The highest BCUT2D eigenvalue weighted by Gasteiger charge is 2.33. The van der Waals surface area contributed by atoms with Gasteiger partial charge in [-0.25, -0.2) is 9.18 Å². The maximum absolute atomic E-state index is 12.9. The van der Waals surface area contributed by atoms with Crippen molar-refractivity contribution in [1.29, 1.82) is 0 Å². The van der Waals surface area contributed by atoms with Gasteiger partial charge in [-0.3, -0.25) is 9.69 Å². The number of hydrogen-bond acceptors (Lipinski definition) is 5. The van der Waals surface area contributed by atoms with Crippen molar-refractivity contribution in [2.75, 3.05) is 32.2 Å². The minimum atomic E-state index is -0.511. The molecule has 1 aliphatic heterocycles. The maximum Gasteiger partial charge on any atom is 0.414 e. The molecule has 1 unspecified atom stereocenters. The third-order valence-electron chi connectivity index (χ3n) is 4.15. The second-order valence-corrected chi connectivity index (χ2v) is 5.87. The first-order valence-electron chi connectivity index (χ1n) is 8.25. The van der Waals surface area contributed by atoms with E-state index in [1.54, 1.807) is 18.2 Å². The van der Waals surface area contributed by atoms with E-state index in [9.17, 15) is 14.0 Å². The lowest BCUT2D eigenvalue weighted by molar-refractivity contribution is 0.0916. The number of nitrogens with one attached hydrogen (secondary N) is 1. The average Bonchev–Trinajstić information content (AvgIpc) is 3.06. The van der Waals surface area contributed by atoms with E-state index in [0.717, 1.165) is 0 Å². The Morgan fingerprint density at radius 1 is 1.19 bits per heavy atom. The highest BCUT2D eigenvalue weighted by molar-refractivity contribution is 5.94. The quantitative estimate of drug-likeness (QED) is 0.841. The molecule has 0 saturated carbocycles. The third-order valence-corrected chi connectivity index (χ3v) is 4.15. The number of hydrogen-bond donors (Lipinski definition) is 1. The zero-order valence-corrected chi connectivity index (χ0v) is 14.9. The van der Waals surface area contributed by atoms with Crippen LogP contribution in [0.3, 0.4) is 0 Å². The van der Waals surface area contributed by atoms with Gasteiger partial charge in [0.05, 0.1) is 33.0 Å². The molecule has 2 aromatic carbocycles. The van der Waals surface area contributed by atoms with E-state index in [1.807, 2.05) is 0 Å². The van der Waals surface area contributed by atoms with Crippen LogP contribution in [0.15, 0.2) is 42.5 Å². The SMILES string of the molecule is COc1ccc(N2CC(CNC(=O)c3ccc(F)cc3)OC2=O)cc1OC. The van der Waals surface area contributed by atoms with Crippen LogP contribution >= 0.6 is 0 Å². The number of carbonyl (C=O) groups excluding carboxylic acids is 2. The van der Waals surface area contributed by atoms with Crippen molar-refractivity contribution < 1.29 is 28.2 Å². The summed E-state index contributed by atoms with van der Waals surface area (Å²) in [5.41, 5.74) is 0.933. The average molecular weight is 374 g/mol. The van der Waals surface area contributed by atoms with Gasteiger partial charge >= 0.3 is 6.09 Å². The molecule has 2 aromatic rings. The first kappa shape index (κ1) is 18.5. The van der Waals surface area contributed by atoms with Crippen molar-refractivity contribution in [2.45, 2.75) is 6.10 Å². The van der Waals surface area contributed by atoms with Crippen molar-refractivity contribution in [1.82, 2.24) is 5.32 Å². The summed E-state index contributed by atoms with van der Waals surface area (Å²) in [4.78, 5) is 25.7. The van der Waals surface area contributed by atoms with Gasteiger partial charge in [-0.05, 0) is 36.4 Å². The predicted molar refractivity (Wildman–Crippen MR) is 95.9 cm³/mol. The van der Waals surface area contributed by atoms with Crippen LogP contribution in [0.5, 0.6) is 11.5 Å². The molecule has 1 atom stereocenters. The van der Waals surface area contributed by atoms with Crippen LogP contribution in [-0.4, -0.2) is 45.4 Å². The second kappa shape index (κ2) is 7.94. The van der Waals surface area contributed by atoms with Gasteiger partial charge in [-0.2, -0.15) is 0 Å². The van der Waals surface area contributed by atoms with Crippen LogP contribution in [0, 0.1) is 5.82 Å². The van der Waals surface area contributed by atoms with Gasteiger partial charge in [0.2, 0.25) is 0 Å². The fourth-order valence-electron chi connectivity index (χ4n) is 2.74. The van der Waals surface area contributed by atoms with Crippen molar-refractivity contribution in [3.05, 3.63) is 53.8 Å². The summed E-state index contributed by atoms with van der Waals surface area (Å²) in [5.74, 6) is 0.269. The summed E-state index contributed by atoms with van der Waals surface area (Å²) >= 11 is 0. The predicted octanol–water partition coefficient (Wildman–Crippen LogP) is 2.60. The Bertz CT molecular complexity index is 840. The topological polar surface area (TPSA) is 77.1 Å². The molecule has 0 radical (unpaired) electrons. The summed E-state index contributed by atoms with van der Waals surface area (Å²) in [6, 6.07) is 10.3. The minimum absolute atomic E-state index is 0.145. The fraction of sp³-hybridized carbons (Fsp3) is 0.263. The normalized spacial score (nSPS) is 16.0. The Morgan fingerprint density at radius 3 is 2.56 bits per heavy atom. The fourth-order valence-corrected chi connectivity index (χ4v) is 2.74. The molecule has 1 N–H and O–H groups in total. The van der Waals surface area contributed by atoms with Gasteiger partial charge < -0.3 is 19.5 Å². The van der Waals surface area contributed by atoms with Crippen LogP contribution in [0.2, 0.25) is 0 Å². The molecule has 3 rings (SSSR count). The van der Waals surface area contributed by atoms with Gasteiger partial charge in [0.15, 0.2) is 11.5 Å². The molecule has 0 aliphatic carbocycles. The van der Waals surface area contributed by atoms with E-state index >= 15 is 0 Å². The molecule has 0 aromatic heterocycles. The largest absolute Gasteiger partial charge is 0.493 e. The maximum atomic E-state index is 12.9. The summed E-state index contributed by atoms with van der Waals surface area (Å²) in [7, 11) is 3.04. The van der Waals surface area contributed by atoms with Crippen LogP contribution in [-0.2, 0) is 4.74 Å². The highest BCUT2D eigenvalue weighted by Crippen LogP contribution is 2.33. The number of methoxy groups -OCH3 is 2. The van der Waals surface area contributed by atoms with Crippen molar-refractivity contribution in [3.63, 3.8) is 0 Å². The smallest absolute Gasteiger partial charge is 0.414 e. The van der Waals surface area contributed by atoms with Crippen molar-refractivity contribution >= 4 is 17.7 Å². The Morgan fingerprint density at radius 2 is 1.89 bits per heavy atom. The van der Waals surface area contributed by atoms with Gasteiger partial charge in [0, 0.05) is 11.6 Å². The van der Waals surface area contributed by atoms with Gasteiger partial charge in [-0.15, -0.1) is 0 Å². The zero-order valence-electron chi connectivity index (χ0n) is 14.9. The number of rotatable bonds is 6. The molecule has 1 fully saturated rings. The molecule has 8 heteroatoms. The number of carbonyl (C=O) groups is 2. The lowest BCUT2D eigenvalue weighted by atomic mass is 10.2. The van der Waals surface area contributed by atoms with Crippen LogP contribution < -0.4 is 19.7 Å². The number of amides is 2. The molecule has 1 aliphatic rings. The molecular formula is C19H19FN2O5. The molecule has 1 saturated heterocycles. The molecule has 0 spiro atoms. The number of benzene rings is 2. The summed E-state index contributed by atoms with van der Waals surface area (Å²) in [5, 5.41) is 2.68. The second-order valence-electron chi connectivity index (χ2n) is 5.87. The first-order valence-corrected chi connectivity index (χ1v) is 8.25. The summed E-state index contributed by atoms with van der Waals surface area (Å²) in [6.45, 7) is 0.420. The first-order chi connectivity index (χ1) is 13.0. The van der Waals surface area contributed by atoms with E-state index in [-0.39, 0.29) is 19.0 Å². The molecule has 1 heterocycles. The Kier molecular flexibility index (Phi) is 5.44. The van der Waals surface area contributed by atoms with E-state index in [1.165, 1.54) is 43.4 Å². The van der Waals surface area contributed by atoms with E-state index in [2.05, 4.69) is 5.32 Å². The molecule has 0 bridgehead atoms. The standard InChI is InChI=1S/C19H19FN2O5/c1-25-16-8-7-14(9-17(16)26-2)22-11-15(27-19(22)24)10-21-18(23)12-3-5-13(20)6-4-12/h3-9,15H,10-11H2,1-2H3,(H,21,23). The van der Waals surface area contributed by atoms with Crippen LogP contribution in [0.25, 0.3) is 0 Å². The zero-order chi connectivity index (χ0) is 19.4. The molecule has 142 valence electrons. The van der Waals surface area contributed by atoms with E-state index in [4.69, 9.17) is 14.2 Å². The van der Waals surface area contributed by atoms with Crippen LogP contribution in [0.4, 0.5) is 14.9 Å². The summed E-state index contributed by atoms with van der Waals surface area (Å²) < 4.78 is 28.7. The van der Waals surface area contributed by atoms with Gasteiger partial charge in [-0.1, -0.05) is 0 Å². The minimum Gasteiger partial charge on any atom is -0.493 e.